The number of nitrogens with two attached hydrogens (primary N) is 1. The molecule has 0 aliphatic carbocycles. The Kier molecular flexibility index (Phi) is 7.69. The second kappa shape index (κ2) is 8.44. The van der Waals surface area contributed by atoms with Gasteiger partial charge in [0.05, 0.1) is 13.2 Å². The zero-order valence-corrected chi connectivity index (χ0v) is 11.0. The molecule has 0 bridgehead atoms. The number of carbonyl (C=O) groups excluding carboxylic acids is 2. The van der Waals surface area contributed by atoms with Gasteiger partial charge in [0.1, 0.15) is 12.1 Å². The highest BCUT2D eigenvalue weighted by Gasteiger charge is 2.29. The van der Waals surface area contributed by atoms with Crippen molar-refractivity contribution in [2.24, 2.45) is 11.7 Å². The lowest BCUT2D eigenvalue weighted by molar-refractivity contribution is -0.143. The van der Waals surface area contributed by atoms with E-state index in [2.05, 4.69) is 10.6 Å². The smallest absolute Gasteiger partial charge is 0.328 e. The van der Waals surface area contributed by atoms with E-state index in [1.54, 1.807) is 6.92 Å². The standard InChI is InChI=1S/C11H21N3O5/c1-3-6(2)9(14-8(16)4-12)10(17)13-7(5-15)11(18)19/h6-7,9,15H,3-5,12H2,1-2H3,(H,13,17)(H,14,16)(H,18,19). The predicted molar refractivity (Wildman–Crippen MR) is 67.1 cm³/mol. The van der Waals surface area contributed by atoms with Crippen molar-refractivity contribution in [3.63, 3.8) is 0 Å². The largest absolute Gasteiger partial charge is 0.480 e. The molecule has 0 radical (unpaired) electrons. The van der Waals surface area contributed by atoms with Crippen LogP contribution in [0.15, 0.2) is 0 Å². The zero-order valence-electron chi connectivity index (χ0n) is 11.0. The second-order valence-corrected chi connectivity index (χ2v) is 4.22. The average molecular weight is 275 g/mol. The van der Waals surface area contributed by atoms with Gasteiger partial charge in [-0.05, 0) is 5.92 Å². The normalized spacial score (nSPS) is 15.2. The van der Waals surface area contributed by atoms with Crippen LogP contribution in [-0.2, 0) is 14.4 Å². The van der Waals surface area contributed by atoms with Crippen molar-refractivity contribution in [3.05, 3.63) is 0 Å². The summed E-state index contributed by atoms with van der Waals surface area (Å²) in [6.07, 6.45) is 0.611. The van der Waals surface area contributed by atoms with E-state index in [0.717, 1.165) is 0 Å². The number of hydrogen-bond donors (Lipinski definition) is 5. The molecule has 0 aliphatic rings. The van der Waals surface area contributed by atoms with Crippen LogP contribution >= 0.6 is 0 Å². The van der Waals surface area contributed by atoms with Crippen LogP contribution in [0.3, 0.4) is 0 Å². The fourth-order valence-electron chi connectivity index (χ4n) is 1.38. The Hall–Kier alpha value is -1.67. The first-order chi connectivity index (χ1) is 8.87. The Bertz CT molecular complexity index is 334. The summed E-state index contributed by atoms with van der Waals surface area (Å²) in [6.45, 7) is 2.59. The number of aliphatic hydroxyl groups is 1. The Balaban J connectivity index is 4.80. The van der Waals surface area contributed by atoms with E-state index in [9.17, 15) is 14.4 Å². The predicted octanol–water partition coefficient (Wildman–Crippen LogP) is -1.96. The maximum absolute atomic E-state index is 11.9. The van der Waals surface area contributed by atoms with Gasteiger partial charge in [0, 0.05) is 0 Å². The summed E-state index contributed by atoms with van der Waals surface area (Å²) < 4.78 is 0. The third-order valence-electron chi connectivity index (χ3n) is 2.79. The Morgan fingerprint density at radius 2 is 1.84 bits per heavy atom. The molecule has 0 spiro atoms. The molecular weight excluding hydrogens is 254 g/mol. The van der Waals surface area contributed by atoms with Gasteiger partial charge in [-0.3, -0.25) is 9.59 Å². The molecule has 8 heteroatoms. The highest BCUT2D eigenvalue weighted by molar-refractivity contribution is 5.91. The summed E-state index contributed by atoms with van der Waals surface area (Å²) in [5.74, 6) is -2.69. The van der Waals surface area contributed by atoms with Gasteiger partial charge < -0.3 is 26.6 Å². The summed E-state index contributed by atoms with van der Waals surface area (Å²) >= 11 is 0. The van der Waals surface area contributed by atoms with Crippen molar-refractivity contribution in [2.75, 3.05) is 13.2 Å². The van der Waals surface area contributed by atoms with Gasteiger partial charge in [-0.2, -0.15) is 0 Å². The van der Waals surface area contributed by atoms with Gasteiger partial charge in [0.2, 0.25) is 11.8 Å². The number of rotatable bonds is 8. The lowest BCUT2D eigenvalue weighted by Crippen LogP contribution is -2.55. The number of hydrogen-bond acceptors (Lipinski definition) is 5. The number of aliphatic hydroxyl groups excluding tert-OH is 1. The first-order valence-electron chi connectivity index (χ1n) is 6.00. The van der Waals surface area contributed by atoms with E-state index < -0.39 is 36.5 Å². The van der Waals surface area contributed by atoms with Crippen LogP contribution in [0.5, 0.6) is 0 Å². The molecule has 0 fully saturated rings. The zero-order chi connectivity index (χ0) is 15.0. The molecule has 0 heterocycles. The quantitative estimate of drug-likeness (QED) is 0.348. The van der Waals surface area contributed by atoms with E-state index >= 15 is 0 Å². The van der Waals surface area contributed by atoms with Crippen LogP contribution in [0.2, 0.25) is 0 Å². The molecule has 2 amide bonds. The Morgan fingerprint density at radius 3 is 2.21 bits per heavy atom. The molecule has 0 saturated heterocycles. The van der Waals surface area contributed by atoms with Gasteiger partial charge in [-0.1, -0.05) is 20.3 Å². The number of carboxylic acid groups (broad SMARTS) is 1. The maximum Gasteiger partial charge on any atom is 0.328 e. The highest BCUT2D eigenvalue weighted by Crippen LogP contribution is 2.08. The summed E-state index contributed by atoms with van der Waals surface area (Å²) in [4.78, 5) is 33.9. The Morgan fingerprint density at radius 1 is 1.26 bits per heavy atom. The van der Waals surface area contributed by atoms with Crippen molar-refractivity contribution in [3.8, 4) is 0 Å². The maximum atomic E-state index is 11.9. The highest BCUT2D eigenvalue weighted by atomic mass is 16.4. The number of nitrogens with one attached hydrogen (secondary N) is 2. The second-order valence-electron chi connectivity index (χ2n) is 4.22. The lowest BCUT2D eigenvalue weighted by Gasteiger charge is -2.24. The van der Waals surface area contributed by atoms with Gasteiger partial charge in [0.25, 0.3) is 0 Å². The van der Waals surface area contributed by atoms with E-state index in [4.69, 9.17) is 15.9 Å². The first-order valence-corrected chi connectivity index (χ1v) is 6.00. The van der Waals surface area contributed by atoms with E-state index in [1.165, 1.54) is 0 Å². The molecule has 3 unspecified atom stereocenters. The molecular formula is C11H21N3O5. The van der Waals surface area contributed by atoms with Crippen LogP contribution in [0, 0.1) is 5.92 Å². The minimum absolute atomic E-state index is 0.191. The van der Waals surface area contributed by atoms with Crippen LogP contribution in [0.25, 0.3) is 0 Å². The monoisotopic (exact) mass is 275 g/mol. The summed E-state index contributed by atoms with van der Waals surface area (Å²) in [7, 11) is 0. The van der Waals surface area contributed by atoms with Crippen molar-refractivity contribution >= 4 is 17.8 Å². The van der Waals surface area contributed by atoms with Crippen LogP contribution in [0.1, 0.15) is 20.3 Å². The van der Waals surface area contributed by atoms with Crippen LogP contribution < -0.4 is 16.4 Å². The van der Waals surface area contributed by atoms with Gasteiger partial charge >= 0.3 is 5.97 Å². The summed E-state index contributed by atoms with van der Waals surface area (Å²) in [5, 5.41) is 22.2. The van der Waals surface area contributed by atoms with Crippen molar-refractivity contribution < 1.29 is 24.6 Å². The molecule has 110 valence electrons. The van der Waals surface area contributed by atoms with Gasteiger partial charge in [-0.25, -0.2) is 4.79 Å². The first kappa shape index (κ1) is 17.3. The van der Waals surface area contributed by atoms with E-state index in [-0.39, 0.29) is 12.5 Å². The van der Waals surface area contributed by atoms with Crippen molar-refractivity contribution in [1.29, 1.82) is 0 Å². The molecule has 0 saturated carbocycles. The molecule has 3 atom stereocenters. The number of carboxylic acids is 1. The van der Waals surface area contributed by atoms with Crippen molar-refractivity contribution in [2.45, 2.75) is 32.4 Å². The van der Waals surface area contributed by atoms with Crippen LogP contribution in [-0.4, -0.2) is 53.2 Å². The van der Waals surface area contributed by atoms with Crippen molar-refractivity contribution in [1.82, 2.24) is 10.6 Å². The molecule has 0 aromatic rings. The third-order valence-corrected chi connectivity index (χ3v) is 2.79. The molecule has 8 nitrogen and oxygen atoms in total. The SMILES string of the molecule is CCC(C)C(NC(=O)CN)C(=O)NC(CO)C(=O)O. The Labute approximate surface area is 111 Å². The molecule has 0 aromatic carbocycles. The molecule has 0 rings (SSSR count). The third kappa shape index (κ3) is 5.66. The number of amides is 2. The number of carbonyl (C=O) groups is 3. The fraction of sp³-hybridized carbons (Fsp3) is 0.727. The average Bonchev–Trinajstić information content (AvgIpc) is 2.39. The number of aliphatic carboxylic acids is 1. The fourth-order valence-corrected chi connectivity index (χ4v) is 1.38. The van der Waals surface area contributed by atoms with E-state index in [0.29, 0.717) is 6.42 Å². The van der Waals surface area contributed by atoms with Gasteiger partial charge in [0.15, 0.2) is 0 Å². The molecule has 0 aliphatic heterocycles. The molecule has 0 aromatic heterocycles. The topological polar surface area (TPSA) is 142 Å². The minimum atomic E-state index is -1.39. The summed E-state index contributed by atoms with van der Waals surface area (Å²) in [5.41, 5.74) is 5.16. The molecule has 19 heavy (non-hydrogen) atoms. The summed E-state index contributed by atoms with van der Waals surface area (Å²) in [6, 6.07) is -2.27. The molecule has 6 N–H and O–H groups in total. The minimum Gasteiger partial charge on any atom is -0.480 e. The van der Waals surface area contributed by atoms with Gasteiger partial charge in [-0.15, -0.1) is 0 Å². The van der Waals surface area contributed by atoms with E-state index in [1.807, 2.05) is 6.92 Å². The lowest BCUT2D eigenvalue weighted by atomic mass is 9.98. The van der Waals surface area contributed by atoms with Crippen LogP contribution in [0.4, 0.5) is 0 Å².